The Kier molecular flexibility index (Phi) is 7.08. The summed E-state index contributed by atoms with van der Waals surface area (Å²) < 4.78 is 5.48. The van der Waals surface area contributed by atoms with Gasteiger partial charge in [-0.2, -0.15) is 0 Å². The largest absolute Gasteiger partial charge is 0.449 e. The molecular formula is C29H23ClN2O4S. The van der Waals surface area contributed by atoms with E-state index in [9.17, 15) is 14.4 Å². The van der Waals surface area contributed by atoms with Crippen LogP contribution in [0.25, 0.3) is 11.1 Å². The summed E-state index contributed by atoms with van der Waals surface area (Å²) in [5.41, 5.74) is 6.15. The lowest BCUT2D eigenvalue weighted by Gasteiger charge is -2.14. The number of alkyl carbamates (subject to hydrolysis) is 1. The predicted octanol–water partition coefficient (Wildman–Crippen LogP) is 6.42. The number of thiophene rings is 1. The Morgan fingerprint density at radius 1 is 0.919 bits per heavy atom. The summed E-state index contributed by atoms with van der Waals surface area (Å²) in [5.74, 6) is -0.738. The minimum atomic E-state index is -0.683. The average Bonchev–Trinajstić information content (AvgIpc) is 3.43. The number of hydrogen-bond donors (Lipinski definition) is 2. The smallest absolute Gasteiger partial charge is 0.407 e. The summed E-state index contributed by atoms with van der Waals surface area (Å²) in [4.78, 5) is 38.0. The summed E-state index contributed by atoms with van der Waals surface area (Å²) in [6.07, 6.45) is -0.683. The molecule has 2 amide bonds. The molecule has 4 aromatic rings. The van der Waals surface area contributed by atoms with Crippen molar-refractivity contribution in [3.05, 3.63) is 111 Å². The molecule has 1 aromatic heterocycles. The number of rotatable bonds is 7. The van der Waals surface area contributed by atoms with Crippen LogP contribution in [0.4, 0.5) is 9.80 Å². The van der Waals surface area contributed by atoms with E-state index in [0.29, 0.717) is 21.2 Å². The number of ether oxygens (including phenoxy) is 1. The molecule has 186 valence electrons. The molecule has 2 N–H and O–H groups in total. The Morgan fingerprint density at radius 3 is 2.19 bits per heavy atom. The van der Waals surface area contributed by atoms with Gasteiger partial charge in [-0.3, -0.25) is 9.59 Å². The van der Waals surface area contributed by atoms with Crippen molar-refractivity contribution in [2.45, 2.75) is 12.8 Å². The zero-order chi connectivity index (χ0) is 25.9. The van der Waals surface area contributed by atoms with Crippen LogP contribution in [-0.4, -0.2) is 30.9 Å². The molecule has 8 heteroatoms. The maximum absolute atomic E-state index is 13.0. The highest BCUT2D eigenvalue weighted by molar-refractivity contribution is 7.15. The first-order chi connectivity index (χ1) is 17.9. The van der Waals surface area contributed by atoms with E-state index in [0.717, 1.165) is 27.8 Å². The highest BCUT2D eigenvalue weighted by Gasteiger charge is 2.29. The Bertz CT molecular complexity index is 1450. The van der Waals surface area contributed by atoms with E-state index in [1.807, 2.05) is 43.3 Å². The van der Waals surface area contributed by atoms with Gasteiger partial charge >= 0.3 is 6.09 Å². The number of anilines is 1. The SMILES string of the molecule is Cc1csc(NC(=O)CNC(=O)OCC2c3ccccc3-c3ccccc32)c1C(=O)c1ccc(Cl)cc1. The normalized spacial score (nSPS) is 11.9. The molecule has 0 bridgehead atoms. The summed E-state index contributed by atoms with van der Waals surface area (Å²) >= 11 is 7.18. The summed E-state index contributed by atoms with van der Waals surface area (Å²) in [6, 6.07) is 22.7. The standard InChI is InChI=1S/C29H23ClN2O4S/c1-17-16-37-28(26(17)27(34)18-10-12-19(30)13-11-18)32-25(33)14-31-29(35)36-15-24-22-8-4-2-6-20(22)21-7-3-5-9-23(21)24/h2-13,16,24H,14-15H2,1H3,(H,31,35)(H,32,33). The number of fused-ring (bicyclic) bond motifs is 3. The number of ketones is 1. The molecule has 1 aliphatic carbocycles. The second-order valence-electron chi connectivity index (χ2n) is 8.69. The number of halogens is 1. The van der Waals surface area contributed by atoms with Crippen LogP contribution in [0.5, 0.6) is 0 Å². The highest BCUT2D eigenvalue weighted by atomic mass is 35.5. The summed E-state index contributed by atoms with van der Waals surface area (Å²) in [6.45, 7) is 1.68. The van der Waals surface area contributed by atoms with E-state index in [4.69, 9.17) is 16.3 Å². The molecule has 1 aliphatic rings. The van der Waals surface area contributed by atoms with Crippen molar-refractivity contribution in [1.82, 2.24) is 5.32 Å². The summed E-state index contributed by atoms with van der Waals surface area (Å²) in [5, 5.41) is 8.00. The van der Waals surface area contributed by atoms with Crippen LogP contribution in [-0.2, 0) is 9.53 Å². The molecule has 0 spiro atoms. The fraction of sp³-hybridized carbons (Fsp3) is 0.138. The van der Waals surface area contributed by atoms with Crippen molar-refractivity contribution in [2.75, 3.05) is 18.5 Å². The first-order valence-corrected chi connectivity index (χ1v) is 12.9. The van der Waals surface area contributed by atoms with Crippen molar-refractivity contribution in [1.29, 1.82) is 0 Å². The van der Waals surface area contributed by atoms with Crippen LogP contribution in [0.1, 0.15) is 38.5 Å². The van der Waals surface area contributed by atoms with Gasteiger partial charge < -0.3 is 15.4 Å². The number of nitrogens with one attached hydrogen (secondary N) is 2. The molecule has 6 nitrogen and oxygen atoms in total. The van der Waals surface area contributed by atoms with E-state index >= 15 is 0 Å². The minimum Gasteiger partial charge on any atom is -0.449 e. The molecule has 0 radical (unpaired) electrons. The zero-order valence-electron chi connectivity index (χ0n) is 19.9. The second-order valence-corrected chi connectivity index (χ2v) is 10.0. The first kappa shape index (κ1) is 24.7. The Morgan fingerprint density at radius 2 is 1.54 bits per heavy atom. The quantitative estimate of drug-likeness (QED) is 0.270. The fourth-order valence-corrected chi connectivity index (χ4v) is 5.62. The summed E-state index contributed by atoms with van der Waals surface area (Å²) in [7, 11) is 0. The lowest BCUT2D eigenvalue weighted by Crippen LogP contribution is -2.34. The number of carbonyl (C=O) groups is 3. The molecule has 0 atom stereocenters. The van der Waals surface area contributed by atoms with Gasteiger partial charge in [-0.05, 0) is 64.4 Å². The van der Waals surface area contributed by atoms with Crippen LogP contribution in [0.15, 0.2) is 78.2 Å². The third-order valence-electron chi connectivity index (χ3n) is 6.30. The second kappa shape index (κ2) is 10.6. The molecule has 0 saturated heterocycles. The molecular weight excluding hydrogens is 508 g/mol. The van der Waals surface area contributed by atoms with Crippen molar-refractivity contribution in [3.8, 4) is 11.1 Å². The molecule has 0 aliphatic heterocycles. The highest BCUT2D eigenvalue weighted by Crippen LogP contribution is 2.44. The van der Waals surface area contributed by atoms with Crippen molar-refractivity contribution in [3.63, 3.8) is 0 Å². The van der Waals surface area contributed by atoms with Crippen LogP contribution in [0.3, 0.4) is 0 Å². The monoisotopic (exact) mass is 530 g/mol. The molecule has 5 rings (SSSR count). The number of benzene rings is 3. The zero-order valence-corrected chi connectivity index (χ0v) is 21.5. The number of amides is 2. The molecule has 0 unspecified atom stereocenters. The third-order valence-corrected chi connectivity index (χ3v) is 7.56. The maximum Gasteiger partial charge on any atom is 0.407 e. The Labute approximate surface area is 223 Å². The van der Waals surface area contributed by atoms with Gasteiger partial charge in [0.1, 0.15) is 18.2 Å². The number of hydrogen-bond acceptors (Lipinski definition) is 5. The molecule has 0 fully saturated rings. The number of aryl methyl sites for hydroxylation is 1. The van der Waals surface area contributed by atoms with Gasteiger partial charge in [-0.1, -0.05) is 60.1 Å². The van der Waals surface area contributed by atoms with Crippen LogP contribution in [0.2, 0.25) is 5.02 Å². The van der Waals surface area contributed by atoms with Gasteiger partial charge in [0.25, 0.3) is 0 Å². The third kappa shape index (κ3) is 5.14. The van der Waals surface area contributed by atoms with Crippen molar-refractivity contribution >= 4 is 45.7 Å². The number of carbonyl (C=O) groups excluding carboxylic acids is 3. The topological polar surface area (TPSA) is 84.5 Å². The van der Waals surface area contributed by atoms with Gasteiger partial charge in [0.05, 0.1) is 5.56 Å². The van der Waals surface area contributed by atoms with Crippen molar-refractivity contribution in [2.24, 2.45) is 0 Å². The van der Waals surface area contributed by atoms with Crippen LogP contribution in [0, 0.1) is 6.92 Å². The average molecular weight is 531 g/mol. The van der Waals surface area contributed by atoms with Crippen LogP contribution < -0.4 is 10.6 Å². The first-order valence-electron chi connectivity index (χ1n) is 11.7. The lowest BCUT2D eigenvalue weighted by molar-refractivity contribution is -0.115. The van der Waals surface area contributed by atoms with Gasteiger partial charge in [0, 0.05) is 16.5 Å². The van der Waals surface area contributed by atoms with Crippen molar-refractivity contribution < 1.29 is 19.1 Å². The lowest BCUT2D eigenvalue weighted by atomic mass is 9.98. The van der Waals surface area contributed by atoms with Gasteiger partial charge in [-0.25, -0.2) is 4.79 Å². The van der Waals surface area contributed by atoms with E-state index in [2.05, 4.69) is 22.8 Å². The van der Waals surface area contributed by atoms with Gasteiger partial charge in [0.15, 0.2) is 5.78 Å². The molecule has 1 heterocycles. The molecule has 3 aromatic carbocycles. The predicted molar refractivity (Wildman–Crippen MR) is 146 cm³/mol. The van der Waals surface area contributed by atoms with E-state index < -0.39 is 12.0 Å². The van der Waals surface area contributed by atoms with E-state index in [1.165, 1.54) is 11.3 Å². The maximum atomic E-state index is 13.0. The van der Waals surface area contributed by atoms with E-state index in [-0.39, 0.29) is 24.9 Å². The van der Waals surface area contributed by atoms with Gasteiger partial charge in [-0.15, -0.1) is 11.3 Å². The fourth-order valence-electron chi connectivity index (χ4n) is 4.54. The van der Waals surface area contributed by atoms with E-state index in [1.54, 1.807) is 29.6 Å². The minimum absolute atomic E-state index is 0.0671. The Hall–Kier alpha value is -3.94. The van der Waals surface area contributed by atoms with Crippen LogP contribution >= 0.6 is 22.9 Å². The Balaban J connectivity index is 1.18. The van der Waals surface area contributed by atoms with Gasteiger partial charge in [0.2, 0.25) is 5.91 Å². The molecule has 0 saturated carbocycles. The molecule has 37 heavy (non-hydrogen) atoms.